The Labute approximate surface area is 138 Å². The van der Waals surface area contributed by atoms with Crippen LogP contribution in [0.5, 0.6) is 0 Å². The zero-order chi connectivity index (χ0) is 16.7. The van der Waals surface area contributed by atoms with E-state index in [1.54, 1.807) is 24.3 Å². The fourth-order valence-electron chi connectivity index (χ4n) is 2.45. The summed E-state index contributed by atoms with van der Waals surface area (Å²) < 4.78 is 0. The maximum absolute atomic E-state index is 12.3. The maximum atomic E-state index is 12.3. The van der Waals surface area contributed by atoms with Gasteiger partial charge in [0.1, 0.15) is 0 Å². The van der Waals surface area contributed by atoms with Crippen molar-refractivity contribution in [2.75, 3.05) is 6.54 Å². The van der Waals surface area contributed by atoms with Gasteiger partial charge < -0.3 is 0 Å². The predicted molar refractivity (Wildman–Crippen MR) is 93.6 cm³/mol. The van der Waals surface area contributed by atoms with E-state index in [0.29, 0.717) is 23.7 Å². The molecule has 0 spiro atoms. The van der Waals surface area contributed by atoms with Crippen molar-refractivity contribution >= 4 is 11.5 Å². The average Bonchev–Trinajstić information content (AvgIpc) is 2.59. The molecule has 0 radical (unpaired) electrons. The molecule has 3 heteroatoms. The Hall–Kier alpha value is -2.44. The topological polar surface area (TPSA) is 24.7 Å². The lowest BCUT2D eigenvalue weighted by Crippen LogP contribution is -2.32. The first kappa shape index (κ1) is 16.9. The number of benzene rings is 2. The molecule has 3 nitrogen and oxygen atoms in total. The van der Waals surface area contributed by atoms with E-state index in [9.17, 15) is 4.79 Å². The molecule has 118 valence electrons. The quantitative estimate of drug-likeness (QED) is 0.546. The fourth-order valence-corrected chi connectivity index (χ4v) is 2.45. The van der Waals surface area contributed by atoms with Gasteiger partial charge in [-0.15, -0.1) is 0 Å². The van der Waals surface area contributed by atoms with Gasteiger partial charge in [0.05, 0.1) is 6.57 Å². The number of carbonyl (C=O) groups is 1. The molecule has 23 heavy (non-hydrogen) atoms. The van der Waals surface area contributed by atoms with E-state index in [0.717, 1.165) is 13.1 Å². The Morgan fingerprint density at radius 1 is 1.09 bits per heavy atom. The Bertz CT molecular complexity index is 669. The molecule has 0 aliphatic rings. The van der Waals surface area contributed by atoms with Crippen LogP contribution in [0.25, 0.3) is 4.85 Å². The van der Waals surface area contributed by atoms with Crippen molar-refractivity contribution in [2.45, 2.75) is 32.9 Å². The third kappa shape index (κ3) is 5.05. The normalized spacial score (nSPS) is 10.7. The van der Waals surface area contributed by atoms with Gasteiger partial charge in [-0.2, -0.15) is 0 Å². The number of hydrogen-bond acceptors (Lipinski definition) is 2. The Morgan fingerprint density at radius 3 is 2.30 bits per heavy atom. The number of hydrogen-bond donors (Lipinski definition) is 0. The van der Waals surface area contributed by atoms with E-state index in [1.165, 1.54) is 5.56 Å². The second-order valence-corrected chi connectivity index (χ2v) is 5.88. The number of ketones is 1. The van der Waals surface area contributed by atoms with Gasteiger partial charge >= 0.3 is 0 Å². The molecule has 0 saturated carbocycles. The second kappa shape index (κ2) is 8.26. The molecular weight excluding hydrogens is 284 g/mol. The fraction of sp³-hybridized carbons (Fsp3) is 0.300. The van der Waals surface area contributed by atoms with E-state index in [4.69, 9.17) is 6.57 Å². The minimum absolute atomic E-state index is 0.125. The summed E-state index contributed by atoms with van der Waals surface area (Å²) in [5.74, 6) is 0.125. The van der Waals surface area contributed by atoms with Gasteiger partial charge in [0.15, 0.2) is 11.5 Å². The van der Waals surface area contributed by atoms with Crippen molar-refractivity contribution in [3.8, 4) is 0 Å². The third-order valence-electron chi connectivity index (χ3n) is 3.90. The van der Waals surface area contributed by atoms with Crippen LogP contribution in [0.1, 0.15) is 36.2 Å². The highest BCUT2D eigenvalue weighted by Crippen LogP contribution is 2.15. The smallest absolute Gasteiger partial charge is 0.187 e. The van der Waals surface area contributed by atoms with Crippen LogP contribution in [0.2, 0.25) is 0 Å². The summed E-state index contributed by atoms with van der Waals surface area (Å²) in [4.78, 5) is 18.0. The number of carbonyl (C=O) groups excluding carboxylic acids is 1. The molecule has 0 aromatic heterocycles. The molecule has 0 aliphatic carbocycles. The van der Waals surface area contributed by atoms with E-state index >= 15 is 0 Å². The first-order valence-electron chi connectivity index (χ1n) is 7.89. The molecular formula is C20H22N2O. The maximum Gasteiger partial charge on any atom is 0.187 e. The van der Waals surface area contributed by atoms with Gasteiger partial charge in [0.25, 0.3) is 0 Å². The molecule has 0 bridgehead atoms. The highest BCUT2D eigenvalue weighted by atomic mass is 16.1. The van der Waals surface area contributed by atoms with Crippen molar-refractivity contribution in [3.05, 3.63) is 77.1 Å². The first-order valence-corrected chi connectivity index (χ1v) is 7.89. The molecule has 2 rings (SSSR count). The standard InChI is InChI=1S/C20H22N2O/c1-16(2)22(15-17-7-5-4-6-8-17)14-13-20(23)18-9-11-19(21-3)12-10-18/h4-12,16H,13-15H2,1-2H3. The van der Waals surface area contributed by atoms with Crippen LogP contribution < -0.4 is 0 Å². The minimum Gasteiger partial charge on any atom is -0.296 e. The SMILES string of the molecule is [C-]#[N+]c1ccc(C(=O)CCN(Cc2ccccc2)C(C)C)cc1. The molecule has 0 aliphatic heterocycles. The summed E-state index contributed by atoms with van der Waals surface area (Å²) in [6.07, 6.45) is 0.488. The molecule has 0 fully saturated rings. The summed E-state index contributed by atoms with van der Waals surface area (Å²) in [5, 5.41) is 0. The molecule has 0 atom stereocenters. The van der Waals surface area contributed by atoms with E-state index in [1.807, 2.05) is 18.2 Å². The van der Waals surface area contributed by atoms with Crippen LogP contribution in [0.15, 0.2) is 54.6 Å². The summed E-state index contributed by atoms with van der Waals surface area (Å²) >= 11 is 0. The lowest BCUT2D eigenvalue weighted by molar-refractivity contribution is 0.0952. The van der Waals surface area contributed by atoms with Crippen molar-refractivity contribution in [2.24, 2.45) is 0 Å². The molecule has 0 N–H and O–H groups in total. The van der Waals surface area contributed by atoms with Crippen molar-refractivity contribution in [3.63, 3.8) is 0 Å². The monoisotopic (exact) mass is 306 g/mol. The van der Waals surface area contributed by atoms with Crippen LogP contribution in [0.3, 0.4) is 0 Å². The largest absolute Gasteiger partial charge is 0.296 e. The molecule has 0 saturated heterocycles. The van der Waals surface area contributed by atoms with E-state index in [-0.39, 0.29) is 5.78 Å². The lowest BCUT2D eigenvalue weighted by atomic mass is 10.1. The van der Waals surface area contributed by atoms with Crippen molar-refractivity contribution in [1.82, 2.24) is 4.90 Å². The number of nitrogens with zero attached hydrogens (tertiary/aromatic N) is 2. The summed E-state index contributed by atoms with van der Waals surface area (Å²) in [5.41, 5.74) is 2.50. The zero-order valence-electron chi connectivity index (χ0n) is 13.7. The summed E-state index contributed by atoms with van der Waals surface area (Å²) in [6.45, 7) is 12.8. The average molecular weight is 306 g/mol. The van der Waals surface area contributed by atoms with Crippen LogP contribution >= 0.6 is 0 Å². The number of Topliss-reactive ketones (excluding diaryl/α,β-unsaturated/α-hetero) is 1. The highest BCUT2D eigenvalue weighted by Gasteiger charge is 2.13. The Kier molecular flexibility index (Phi) is 6.08. The Balaban J connectivity index is 1.95. The van der Waals surface area contributed by atoms with Gasteiger partial charge in [-0.1, -0.05) is 54.6 Å². The number of rotatable bonds is 7. The molecule has 0 heterocycles. The van der Waals surface area contributed by atoms with Crippen LogP contribution in [-0.2, 0) is 6.54 Å². The van der Waals surface area contributed by atoms with Crippen LogP contribution in [0, 0.1) is 6.57 Å². The lowest BCUT2D eigenvalue weighted by Gasteiger charge is -2.26. The highest BCUT2D eigenvalue weighted by molar-refractivity contribution is 5.96. The first-order chi connectivity index (χ1) is 11.1. The van der Waals surface area contributed by atoms with E-state index in [2.05, 4.69) is 35.7 Å². The third-order valence-corrected chi connectivity index (χ3v) is 3.90. The minimum atomic E-state index is 0.125. The van der Waals surface area contributed by atoms with Crippen LogP contribution in [-0.4, -0.2) is 23.3 Å². The van der Waals surface area contributed by atoms with Gasteiger partial charge in [0, 0.05) is 31.1 Å². The predicted octanol–water partition coefficient (Wildman–Crippen LogP) is 4.72. The molecule has 0 amide bonds. The van der Waals surface area contributed by atoms with E-state index < -0.39 is 0 Å². The van der Waals surface area contributed by atoms with Gasteiger partial charge in [-0.25, -0.2) is 4.85 Å². The zero-order valence-corrected chi connectivity index (χ0v) is 13.7. The van der Waals surface area contributed by atoms with Crippen molar-refractivity contribution < 1.29 is 4.79 Å². The molecule has 0 unspecified atom stereocenters. The Morgan fingerprint density at radius 2 is 1.74 bits per heavy atom. The summed E-state index contributed by atoms with van der Waals surface area (Å²) in [7, 11) is 0. The van der Waals surface area contributed by atoms with Gasteiger partial charge in [-0.3, -0.25) is 9.69 Å². The van der Waals surface area contributed by atoms with Gasteiger partial charge in [-0.05, 0) is 19.4 Å². The molecule has 2 aromatic carbocycles. The van der Waals surface area contributed by atoms with Gasteiger partial charge in [0.2, 0.25) is 0 Å². The van der Waals surface area contributed by atoms with Crippen LogP contribution in [0.4, 0.5) is 5.69 Å². The second-order valence-electron chi connectivity index (χ2n) is 5.88. The molecule has 2 aromatic rings. The summed E-state index contributed by atoms with van der Waals surface area (Å²) in [6, 6.07) is 17.6. The van der Waals surface area contributed by atoms with Crippen molar-refractivity contribution in [1.29, 1.82) is 0 Å².